The summed E-state index contributed by atoms with van der Waals surface area (Å²) in [6, 6.07) is 3.57. The highest BCUT2D eigenvalue weighted by atomic mass is 32.2. The van der Waals surface area contributed by atoms with Gasteiger partial charge in [0.25, 0.3) is 10.1 Å². The van der Waals surface area contributed by atoms with Gasteiger partial charge in [0.1, 0.15) is 5.75 Å². The van der Waals surface area contributed by atoms with Crippen LogP contribution < -0.4 is 4.74 Å². The first-order valence-corrected chi connectivity index (χ1v) is 6.39. The van der Waals surface area contributed by atoms with E-state index in [2.05, 4.69) is 0 Å². The quantitative estimate of drug-likeness (QED) is 0.507. The Morgan fingerprint density at radius 1 is 1.33 bits per heavy atom. The minimum Gasteiger partial charge on any atom is -0.492 e. The van der Waals surface area contributed by atoms with Gasteiger partial charge < -0.3 is 14.9 Å². The van der Waals surface area contributed by atoms with Crippen molar-refractivity contribution in [3.05, 3.63) is 23.8 Å². The van der Waals surface area contributed by atoms with Crippen molar-refractivity contribution >= 4 is 16.1 Å². The molecule has 1 aromatic rings. The number of aliphatic hydroxyl groups excluding tert-OH is 1. The molecule has 3 N–H and O–H groups in total. The largest absolute Gasteiger partial charge is 0.492 e. The Balaban J connectivity index is 3.25. The molecule has 8 heteroatoms. The van der Waals surface area contributed by atoms with Crippen LogP contribution in [0.5, 0.6) is 5.75 Å². The molecular weight excluding hydrogens is 264 g/mol. The molecule has 0 bridgehead atoms. The lowest BCUT2D eigenvalue weighted by Crippen LogP contribution is -2.11. The molecule has 0 saturated heterocycles. The summed E-state index contributed by atoms with van der Waals surface area (Å²) in [6.07, 6.45) is 0.252. The number of carboxylic acid groups (broad SMARTS) is 1. The van der Waals surface area contributed by atoms with E-state index in [1.165, 1.54) is 12.1 Å². The third-order valence-electron chi connectivity index (χ3n) is 2.03. The van der Waals surface area contributed by atoms with Gasteiger partial charge in [-0.1, -0.05) is 6.07 Å². The number of hydrogen-bond acceptors (Lipinski definition) is 5. The van der Waals surface area contributed by atoms with Crippen LogP contribution in [0.3, 0.4) is 0 Å². The van der Waals surface area contributed by atoms with Crippen molar-refractivity contribution < 1.29 is 32.7 Å². The summed E-state index contributed by atoms with van der Waals surface area (Å²) in [4.78, 5) is 10.1. The molecule has 0 radical (unpaired) electrons. The zero-order valence-electron chi connectivity index (χ0n) is 9.24. The van der Waals surface area contributed by atoms with Crippen molar-refractivity contribution in [1.29, 1.82) is 0 Å². The van der Waals surface area contributed by atoms with Crippen LogP contribution in [0, 0.1) is 0 Å². The SMILES string of the molecule is O=C(O)c1cccc(OCCCO)c1S(=O)(=O)O. The predicted molar refractivity (Wildman–Crippen MR) is 60.4 cm³/mol. The van der Waals surface area contributed by atoms with Gasteiger partial charge in [0.2, 0.25) is 0 Å². The highest BCUT2D eigenvalue weighted by Gasteiger charge is 2.25. The third-order valence-corrected chi connectivity index (χ3v) is 2.96. The highest BCUT2D eigenvalue weighted by Crippen LogP contribution is 2.27. The van der Waals surface area contributed by atoms with E-state index in [4.69, 9.17) is 19.5 Å². The Morgan fingerprint density at radius 2 is 2.00 bits per heavy atom. The molecule has 0 aliphatic heterocycles. The molecule has 0 spiro atoms. The molecule has 0 heterocycles. The monoisotopic (exact) mass is 276 g/mol. The van der Waals surface area contributed by atoms with Crippen LogP contribution in [-0.2, 0) is 10.1 Å². The number of carboxylic acids is 1. The van der Waals surface area contributed by atoms with Gasteiger partial charge in [0.15, 0.2) is 4.90 Å². The average molecular weight is 276 g/mol. The molecule has 1 aromatic carbocycles. The minimum absolute atomic E-state index is 0.00208. The molecular formula is C10H12O7S. The Labute approximate surface area is 103 Å². The summed E-state index contributed by atoms with van der Waals surface area (Å²) in [5.74, 6) is -1.75. The predicted octanol–water partition coefficient (Wildman–Crippen LogP) is 0.393. The second-order valence-electron chi connectivity index (χ2n) is 3.34. The van der Waals surface area contributed by atoms with Crippen LogP contribution >= 0.6 is 0 Å². The first-order valence-electron chi connectivity index (χ1n) is 4.95. The topological polar surface area (TPSA) is 121 Å². The molecule has 7 nitrogen and oxygen atoms in total. The number of ether oxygens (including phenoxy) is 1. The van der Waals surface area contributed by atoms with E-state index in [9.17, 15) is 13.2 Å². The van der Waals surface area contributed by atoms with Gasteiger partial charge in [-0.05, 0) is 12.1 Å². The normalized spacial score (nSPS) is 11.2. The zero-order valence-corrected chi connectivity index (χ0v) is 10.1. The van der Waals surface area contributed by atoms with Gasteiger partial charge >= 0.3 is 5.97 Å². The number of carbonyl (C=O) groups is 1. The Hall–Kier alpha value is -1.64. The molecule has 0 unspecified atom stereocenters. The molecule has 0 saturated carbocycles. The Kier molecular flexibility index (Phi) is 4.65. The lowest BCUT2D eigenvalue weighted by Gasteiger charge is -2.11. The number of aromatic carboxylic acids is 1. The summed E-state index contributed by atoms with van der Waals surface area (Å²) in [6.45, 7) is -0.151. The first-order chi connectivity index (χ1) is 8.38. The lowest BCUT2D eigenvalue weighted by atomic mass is 10.2. The van der Waals surface area contributed by atoms with Gasteiger partial charge in [0.05, 0.1) is 12.2 Å². The number of benzene rings is 1. The second-order valence-corrected chi connectivity index (χ2v) is 4.70. The fourth-order valence-corrected chi connectivity index (χ4v) is 2.13. The van der Waals surface area contributed by atoms with Crippen LogP contribution in [0.25, 0.3) is 0 Å². The van der Waals surface area contributed by atoms with Crippen LogP contribution in [0.4, 0.5) is 0 Å². The first kappa shape index (κ1) is 14.4. The maximum absolute atomic E-state index is 11.2. The van der Waals surface area contributed by atoms with Crippen LogP contribution in [0.15, 0.2) is 23.1 Å². The van der Waals surface area contributed by atoms with Crippen LogP contribution in [-0.4, -0.2) is 42.4 Å². The highest BCUT2D eigenvalue weighted by molar-refractivity contribution is 7.86. The van der Waals surface area contributed by atoms with Crippen molar-refractivity contribution in [3.63, 3.8) is 0 Å². The summed E-state index contributed by atoms with van der Waals surface area (Å²) in [7, 11) is -4.71. The molecule has 0 amide bonds. The zero-order chi connectivity index (χ0) is 13.8. The lowest BCUT2D eigenvalue weighted by molar-refractivity contribution is 0.0691. The minimum atomic E-state index is -4.71. The summed E-state index contributed by atoms with van der Waals surface area (Å²) < 4.78 is 36.4. The smallest absolute Gasteiger partial charge is 0.337 e. The maximum atomic E-state index is 11.2. The fourth-order valence-electron chi connectivity index (χ4n) is 1.31. The molecule has 0 fully saturated rings. The van der Waals surface area contributed by atoms with Crippen molar-refractivity contribution in [3.8, 4) is 5.75 Å². The van der Waals surface area contributed by atoms with E-state index in [0.29, 0.717) is 0 Å². The van der Waals surface area contributed by atoms with Gasteiger partial charge in [-0.2, -0.15) is 8.42 Å². The molecule has 100 valence electrons. The van der Waals surface area contributed by atoms with Gasteiger partial charge in [-0.15, -0.1) is 0 Å². The molecule has 0 aromatic heterocycles. The Morgan fingerprint density at radius 3 is 2.50 bits per heavy atom. The standard InChI is InChI=1S/C10H12O7S/c11-5-2-6-17-8-4-1-3-7(10(12)13)9(8)18(14,15)16/h1,3-4,11H,2,5-6H2,(H,12,13)(H,14,15,16). The maximum Gasteiger partial charge on any atom is 0.337 e. The molecule has 0 aliphatic carbocycles. The molecule has 1 rings (SSSR count). The molecule has 0 aliphatic rings. The molecule has 0 atom stereocenters. The number of aliphatic hydroxyl groups is 1. The summed E-state index contributed by atoms with van der Waals surface area (Å²) in [5, 5.41) is 17.4. The van der Waals surface area contributed by atoms with Gasteiger partial charge in [0, 0.05) is 13.0 Å². The molecule has 18 heavy (non-hydrogen) atoms. The van der Waals surface area contributed by atoms with Crippen molar-refractivity contribution in [2.75, 3.05) is 13.2 Å². The number of rotatable bonds is 6. The van der Waals surface area contributed by atoms with Crippen LogP contribution in [0.2, 0.25) is 0 Å². The van der Waals surface area contributed by atoms with Crippen molar-refractivity contribution in [2.45, 2.75) is 11.3 Å². The van der Waals surface area contributed by atoms with E-state index in [1.807, 2.05) is 0 Å². The van der Waals surface area contributed by atoms with E-state index in [1.54, 1.807) is 0 Å². The van der Waals surface area contributed by atoms with Crippen molar-refractivity contribution in [1.82, 2.24) is 0 Å². The van der Waals surface area contributed by atoms with Gasteiger partial charge in [-0.25, -0.2) is 4.79 Å². The van der Waals surface area contributed by atoms with Crippen LogP contribution in [0.1, 0.15) is 16.8 Å². The summed E-state index contributed by atoms with van der Waals surface area (Å²) >= 11 is 0. The second kappa shape index (κ2) is 5.80. The summed E-state index contributed by atoms with van der Waals surface area (Å²) in [5.41, 5.74) is -0.570. The van der Waals surface area contributed by atoms with E-state index in [-0.39, 0.29) is 25.4 Å². The van der Waals surface area contributed by atoms with E-state index in [0.717, 1.165) is 6.07 Å². The number of hydrogen-bond donors (Lipinski definition) is 3. The average Bonchev–Trinajstić information content (AvgIpc) is 2.27. The van der Waals surface area contributed by atoms with Crippen molar-refractivity contribution in [2.24, 2.45) is 0 Å². The third kappa shape index (κ3) is 3.42. The van der Waals surface area contributed by atoms with E-state index < -0.39 is 26.5 Å². The Bertz CT molecular complexity index is 535. The fraction of sp³-hybridized carbons (Fsp3) is 0.300. The van der Waals surface area contributed by atoms with E-state index >= 15 is 0 Å². The van der Waals surface area contributed by atoms with Gasteiger partial charge in [-0.3, -0.25) is 4.55 Å².